The Bertz CT molecular complexity index is 1000. The van der Waals surface area contributed by atoms with Gasteiger partial charge in [0.1, 0.15) is 4.91 Å². The molecule has 2 aromatic rings. The number of hydrogen-bond acceptors (Lipinski definition) is 4. The van der Waals surface area contributed by atoms with Crippen molar-refractivity contribution >= 4 is 21.8 Å². The van der Waals surface area contributed by atoms with Crippen molar-refractivity contribution in [3.8, 4) is 0 Å². The molecular weight excluding hydrogens is 360 g/mol. The maximum absolute atomic E-state index is 12.8. The molecule has 1 amide bonds. The van der Waals surface area contributed by atoms with Gasteiger partial charge >= 0.3 is 0 Å². The third-order valence-electron chi connectivity index (χ3n) is 5.18. The van der Waals surface area contributed by atoms with Crippen LogP contribution in [0.3, 0.4) is 0 Å². The zero-order valence-corrected chi connectivity index (χ0v) is 16.1. The first kappa shape index (κ1) is 17.9. The Kier molecular flexibility index (Phi) is 4.61. The minimum atomic E-state index is -3.70. The van der Waals surface area contributed by atoms with Gasteiger partial charge in [-0.3, -0.25) is 9.69 Å². The van der Waals surface area contributed by atoms with Gasteiger partial charge in [0.05, 0.1) is 4.90 Å². The number of aryl methyl sites for hydroxylation is 1. The second-order valence-corrected chi connectivity index (χ2v) is 8.99. The molecule has 2 aliphatic rings. The maximum atomic E-state index is 12.8. The zero-order chi connectivity index (χ0) is 19.0. The minimum absolute atomic E-state index is 0.101. The normalized spacial score (nSPS) is 18.9. The molecule has 2 aromatic carbocycles. The standard InChI is InChI=1S/C21H22N2O3S/c1-16-6-8-17(9-7-16)15-22-10-12-23(13-11-22)21(24)20-14-18-4-2-3-5-19(18)27(20,25)26/h2-9,14H,10-13,15H2,1H3. The number of benzene rings is 2. The molecule has 0 bridgehead atoms. The van der Waals surface area contributed by atoms with E-state index in [4.69, 9.17) is 0 Å². The Morgan fingerprint density at radius 1 is 0.963 bits per heavy atom. The van der Waals surface area contributed by atoms with Crippen molar-refractivity contribution in [2.24, 2.45) is 0 Å². The van der Waals surface area contributed by atoms with Crippen molar-refractivity contribution in [1.82, 2.24) is 9.80 Å². The summed E-state index contributed by atoms with van der Waals surface area (Å²) in [5, 5.41) is 0. The van der Waals surface area contributed by atoms with Crippen molar-refractivity contribution in [2.45, 2.75) is 18.4 Å². The molecule has 6 heteroatoms. The number of hydrogen-bond donors (Lipinski definition) is 0. The number of carbonyl (C=O) groups excluding carboxylic acids is 1. The zero-order valence-electron chi connectivity index (χ0n) is 15.3. The van der Waals surface area contributed by atoms with Gasteiger partial charge < -0.3 is 4.90 Å². The number of rotatable bonds is 3. The van der Waals surface area contributed by atoms with Crippen LogP contribution >= 0.6 is 0 Å². The van der Waals surface area contributed by atoms with Crippen molar-refractivity contribution in [3.05, 3.63) is 70.1 Å². The summed E-state index contributed by atoms with van der Waals surface area (Å²) in [5.41, 5.74) is 3.08. The summed E-state index contributed by atoms with van der Waals surface area (Å²) in [5.74, 6) is -0.388. The van der Waals surface area contributed by atoms with Crippen molar-refractivity contribution in [1.29, 1.82) is 0 Å². The van der Waals surface area contributed by atoms with E-state index in [-0.39, 0.29) is 15.7 Å². The molecule has 0 aliphatic carbocycles. The van der Waals surface area contributed by atoms with Crippen LogP contribution in [-0.4, -0.2) is 50.3 Å². The van der Waals surface area contributed by atoms with E-state index in [2.05, 4.69) is 36.1 Å². The number of carbonyl (C=O) groups is 1. The van der Waals surface area contributed by atoms with Gasteiger partial charge in [-0.25, -0.2) is 8.42 Å². The second-order valence-electron chi connectivity index (χ2n) is 7.10. The number of fused-ring (bicyclic) bond motifs is 1. The largest absolute Gasteiger partial charge is 0.335 e. The molecule has 5 nitrogen and oxygen atoms in total. The van der Waals surface area contributed by atoms with Crippen LogP contribution in [0.5, 0.6) is 0 Å². The minimum Gasteiger partial charge on any atom is -0.335 e. The molecule has 140 valence electrons. The number of nitrogens with zero attached hydrogens (tertiary/aromatic N) is 2. The van der Waals surface area contributed by atoms with Crippen LogP contribution < -0.4 is 0 Å². The highest BCUT2D eigenvalue weighted by Crippen LogP contribution is 2.33. The van der Waals surface area contributed by atoms with E-state index in [1.54, 1.807) is 29.2 Å². The van der Waals surface area contributed by atoms with E-state index in [1.165, 1.54) is 17.2 Å². The van der Waals surface area contributed by atoms with Crippen molar-refractivity contribution in [3.63, 3.8) is 0 Å². The summed E-state index contributed by atoms with van der Waals surface area (Å²) in [6, 6.07) is 15.2. The topological polar surface area (TPSA) is 57.7 Å². The van der Waals surface area contributed by atoms with Crippen LogP contribution in [0.1, 0.15) is 16.7 Å². The Labute approximate surface area is 159 Å². The SMILES string of the molecule is Cc1ccc(CN2CCN(C(=O)C3=Cc4ccccc4S3(=O)=O)CC2)cc1. The van der Waals surface area contributed by atoms with E-state index in [9.17, 15) is 13.2 Å². The summed E-state index contributed by atoms with van der Waals surface area (Å²) in [4.78, 5) is 16.9. The van der Waals surface area contributed by atoms with E-state index < -0.39 is 9.84 Å². The molecule has 0 spiro atoms. The predicted molar refractivity (Wildman–Crippen MR) is 105 cm³/mol. The van der Waals surface area contributed by atoms with Crippen LogP contribution in [0.4, 0.5) is 0 Å². The predicted octanol–water partition coefficient (Wildman–Crippen LogP) is 2.47. The molecule has 0 N–H and O–H groups in total. The molecule has 4 rings (SSSR count). The maximum Gasteiger partial charge on any atom is 0.265 e. The Hall–Kier alpha value is -2.44. The summed E-state index contributed by atoms with van der Waals surface area (Å²) in [7, 11) is -3.70. The molecule has 2 heterocycles. The second kappa shape index (κ2) is 6.94. The van der Waals surface area contributed by atoms with Crippen LogP contribution in [-0.2, 0) is 21.2 Å². The number of sulfone groups is 1. The van der Waals surface area contributed by atoms with Gasteiger partial charge in [-0.2, -0.15) is 0 Å². The lowest BCUT2D eigenvalue weighted by molar-refractivity contribution is -0.128. The first-order valence-corrected chi connectivity index (χ1v) is 10.6. The summed E-state index contributed by atoms with van der Waals surface area (Å²) >= 11 is 0. The molecule has 0 atom stereocenters. The van der Waals surface area contributed by atoms with E-state index in [0.29, 0.717) is 18.7 Å². The molecule has 0 saturated carbocycles. The summed E-state index contributed by atoms with van der Waals surface area (Å²) in [6.45, 7) is 5.45. The first-order valence-electron chi connectivity index (χ1n) is 9.08. The molecule has 1 fully saturated rings. The Balaban J connectivity index is 1.42. The first-order chi connectivity index (χ1) is 12.9. The lowest BCUT2D eigenvalue weighted by Crippen LogP contribution is -2.49. The molecular formula is C21H22N2O3S. The molecule has 27 heavy (non-hydrogen) atoms. The lowest BCUT2D eigenvalue weighted by Gasteiger charge is -2.34. The number of amides is 1. The highest BCUT2D eigenvalue weighted by atomic mass is 32.2. The molecule has 0 aromatic heterocycles. The van der Waals surface area contributed by atoms with Crippen LogP contribution in [0.2, 0.25) is 0 Å². The molecule has 2 aliphatic heterocycles. The number of piperazine rings is 1. The summed E-state index contributed by atoms with van der Waals surface area (Å²) in [6.07, 6.45) is 1.51. The van der Waals surface area contributed by atoms with Crippen molar-refractivity contribution in [2.75, 3.05) is 26.2 Å². The quantitative estimate of drug-likeness (QED) is 0.818. The van der Waals surface area contributed by atoms with Gasteiger partial charge in [0.25, 0.3) is 5.91 Å². The monoisotopic (exact) mass is 382 g/mol. The Morgan fingerprint density at radius 3 is 2.30 bits per heavy atom. The van der Waals surface area contributed by atoms with Gasteiger partial charge in [-0.05, 0) is 30.2 Å². The lowest BCUT2D eigenvalue weighted by atomic mass is 10.1. The fourth-order valence-electron chi connectivity index (χ4n) is 3.58. The molecule has 1 saturated heterocycles. The average molecular weight is 382 g/mol. The molecule has 0 unspecified atom stereocenters. The third kappa shape index (κ3) is 3.42. The van der Waals surface area contributed by atoms with Gasteiger partial charge in [-0.15, -0.1) is 0 Å². The smallest absolute Gasteiger partial charge is 0.265 e. The highest BCUT2D eigenvalue weighted by molar-refractivity contribution is 7.96. The van der Waals surface area contributed by atoms with Crippen molar-refractivity contribution < 1.29 is 13.2 Å². The Morgan fingerprint density at radius 2 is 1.63 bits per heavy atom. The average Bonchev–Trinajstić information content (AvgIpc) is 2.95. The van der Waals surface area contributed by atoms with Gasteiger partial charge in [0, 0.05) is 32.7 Å². The highest BCUT2D eigenvalue weighted by Gasteiger charge is 2.37. The van der Waals surface area contributed by atoms with Crippen LogP contribution in [0.15, 0.2) is 58.3 Å². The van der Waals surface area contributed by atoms with Gasteiger partial charge in [0.15, 0.2) is 0 Å². The van der Waals surface area contributed by atoms with E-state index in [1.807, 2.05) is 0 Å². The van der Waals surface area contributed by atoms with E-state index >= 15 is 0 Å². The third-order valence-corrected chi connectivity index (χ3v) is 7.00. The van der Waals surface area contributed by atoms with Gasteiger partial charge in [0.2, 0.25) is 9.84 Å². The fourth-order valence-corrected chi connectivity index (χ4v) is 5.15. The fraction of sp³-hybridized carbons (Fsp3) is 0.286. The van der Waals surface area contributed by atoms with E-state index in [0.717, 1.165) is 19.6 Å². The van der Waals surface area contributed by atoms with Crippen LogP contribution in [0, 0.1) is 6.92 Å². The van der Waals surface area contributed by atoms with Crippen LogP contribution in [0.25, 0.3) is 6.08 Å². The summed E-state index contributed by atoms with van der Waals surface area (Å²) < 4.78 is 25.4. The molecule has 0 radical (unpaired) electrons. The van der Waals surface area contributed by atoms with Gasteiger partial charge in [-0.1, -0.05) is 48.0 Å².